The zero-order valence-electron chi connectivity index (χ0n) is 8.23. The largest absolute Gasteiger partial charge is 0.391 e. The van der Waals surface area contributed by atoms with Crippen LogP contribution in [0.4, 0.5) is 0 Å². The molecule has 0 fully saturated rings. The standard InChI is InChI=1S/C9H17N3/c1-7(8(2)11-3)9(12-4)5-6-10/h6,10-11H,5H2,1-4H3/b8-7+,10-6?,12-9?. The van der Waals surface area contributed by atoms with Crippen LogP contribution in [0, 0.1) is 5.41 Å². The van der Waals surface area contributed by atoms with Crippen molar-refractivity contribution in [2.24, 2.45) is 4.99 Å². The molecule has 0 spiro atoms. The molecule has 0 unspecified atom stereocenters. The molecule has 0 rings (SSSR count). The number of allylic oxidation sites excluding steroid dienone is 2. The minimum atomic E-state index is 0.612. The van der Waals surface area contributed by atoms with E-state index in [9.17, 15) is 0 Å². The first kappa shape index (κ1) is 10.9. The molecule has 12 heavy (non-hydrogen) atoms. The molecule has 0 bridgehead atoms. The first-order valence-corrected chi connectivity index (χ1v) is 3.97. The molecule has 3 heteroatoms. The molecule has 0 radical (unpaired) electrons. The molecule has 0 saturated carbocycles. The van der Waals surface area contributed by atoms with Crippen LogP contribution < -0.4 is 5.32 Å². The summed E-state index contributed by atoms with van der Waals surface area (Å²) in [5.41, 5.74) is 3.21. The number of hydrogen-bond acceptors (Lipinski definition) is 3. The molecule has 0 aromatic carbocycles. The molecule has 2 N–H and O–H groups in total. The van der Waals surface area contributed by atoms with Gasteiger partial charge >= 0.3 is 0 Å². The van der Waals surface area contributed by atoms with Crippen LogP contribution >= 0.6 is 0 Å². The maximum Gasteiger partial charge on any atom is 0.0444 e. The molecular weight excluding hydrogens is 150 g/mol. The molecule has 0 amide bonds. The molecule has 0 aromatic heterocycles. The van der Waals surface area contributed by atoms with Crippen LogP contribution in [0.5, 0.6) is 0 Å². The van der Waals surface area contributed by atoms with Crippen molar-refractivity contribution >= 4 is 11.9 Å². The highest BCUT2D eigenvalue weighted by Crippen LogP contribution is 2.04. The third-order valence-corrected chi connectivity index (χ3v) is 1.94. The van der Waals surface area contributed by atoms with Gasteiger partial charge in [-0.1, -0.05) is 0 Å². The zero-order chi connectivity index (χ0) is 9.56. The summed E-state index contributed by atoms with van der Waals surface area (Å²) < 4.78 is 0. The molecule has 0 aliphatic heterocycles. The Morgan fingerprint density at radius 1 is 1.50 bits per heavy atom. The Hall–Kier alpha value is -1.12. The van der Waals surface area contributed by atoms with Crippen molar-refractivity contribution in [3.05, 3.63) is 11.3 Å². The van der Waals surface area contributed by atoms with Crippen LogP contribution in [0.15, 0.2) is 16.3 Å². The summed E-state index contributed by atoms with van der Waals surface area (Å²) in [7, 11) is 3.64. The third kappa shape index (κ3) is 2.86. The second kappa shape index (κ2) is 5.52. The van der Waals surface area contributed by atoms with Crippen molar-refractivity contribution in [3.8, 4) is 0 Å². The lowest BCUT2D eigenvalue weighted by Crippen LogP contribution is -2.11. The number of nitrogens with one attached hydrogen (secondary N) is 2. The van der Waals surface area contributed by atoms with E-state index in [1.807, 2.05) is 20.9 Å². The van der Waals surface area contributed by atoms with Gasteiger partial charge in [0.2, 0.25) is 0 Å². The summed E-state index contributed by atoms with van der Waals surface area (Å²) >= 11 is 0. The van der Waals surface area contributed by atoms with Crippen molar-refractivity contribution in [2.45, 2.75) is 20.3 Å². The quantitative estimate of drug-likeness (QED) is 0.614. The second-order valence-electron chi connectivity index (χ2n) is 2.58. The fraction of sp³-hybridized carbons (Fsp3) is 0.556. The third-order valence-electron chi connectivity index (χ3n) is 1.94. The van der Waals surface area contributed by atoms with E-state index in [2.05, 4.69) is 10.3 Å². The van der Waals surface area contributed by atoms with Gasteiger partial charge in [0.25, 0.3) is 0 Å². The highest BCUT2D eigenvalue weighted by molar-refractivity contribution is 6.06. The van der Waals surface area contributed by atoms with Gasteiger partial charge in [-0.3, -0.25) is 4.99 Å². The molecule has 0 saturated heterocycles. The van der Waals surface area contributed by atoms with Crippen LogP contribution in [0.2, 0.25) is 0 Å². The molecule has 0 aromatic rings. The van der Waals surface area contributed by atoms with Crippen LogP contribution in [-0.4, -0.2) is 26.0 Å². The van der Waals surface area contributed by atoms with Gasteiger partial charge in [-0.15, -0.1) is 0 Å². The Morgan fingerprint density at radius 2 is 2.08 bits per heavy atom. The maximum absolute atomic E-state index is 6.98. The van der Waals surface area contributed by atoms with Gasteiger partial charge in [-0.05, 0) is 19.4 Å². The van der Waals surface area contributed by atoms with Gasteiger partial charge in [-0.25, -0.2) is 0 Å². The van der Waals surface area contributed by atoms with E-state index in [0.717, 1.165) is 17.0 Å². The molecule has 68 valence electrons. The van der Waals surface area contributed by atoms with Gasteiger partial charge in [0, 0.05) is 38.1 Å². The highest BCUT2D eigenvalue weighted by Gasteiger charge is 2.01. The number of nitrogens with zero attached hydrogens (tertiary/aromatic N) is 1. The minimum absolute atomic E-state index is 0.612. The summed E-state index contributed by atoms with van der Waals surface area (Å²) in [6.07, 6.45) is 1.98. The lowest BCUT2D eigenvalue weighted by Gasteiger charge is -2.07. The van der Waals surface area contributed by atoms with Gasteiger partial charge in [0.15, 0.2) is 0 Å². The normalized spacial score (nSPS) is 13.8. The van der Waals surface area contributed by atoms with E-state index >= 15 is 0 Å². The molecule has 0 aliphatic carbocycles. The Labute approximate surface area is 74.1 Å². The Kier molecular flexibility index (Phi) is 5.00. The lowest BCUT2D eigenvalue weighted by molar-refractivity contribution is 0.972. The Bertz CT molecular complexity index is 214. The molecule has 0 heterocycles. The molecule has 0 atom stereocenters. The summed E-state index contributed by atoms with van der Waals surface area (Å²) in [6.45, 7) is 4.02. The van der Waals surface area contributed by atoms with Gasteiger partial charge < -0.3 is 10.7 Å². The predicted octanol–water partition coefficient (Wildman–Crippen LogP) is 1.61. The lowest BCUT2D eigenvalue weighted by atomic mass is 10.1. The monoisotopic (exact) mass is 167 g/mol. The van der Waals surface area contributed by atoms with E-state index in [1.165, 1.54) is 6.21 Å². The summed E-state index contributed by atoms with van der Waals surface area (Å²) in [6, 6.07) is 0. The number of aliphatic imine (C=N–C) groups is 1. The van der Waals surface area contributed by atoms with Gasteiger partial charge in [0.05, 0.1) is 0 Å². The van der Waals surface area contributed by atoms with Gasteiger partial charge in [0.1, 0.15) is 0 Å². The topological polar surface area (TPSA) is 48.2 Å². The van der Waals surface area contributed by atoms with Crippen molar-refractivity contribution in [2.75, 3.05) is 14.1 Å². The van der Waals surface area contributed by atoms with Gasteiger partial charge in [-0.2, -0.15) is 0 Å². The van der Waals surface area contributed by atoms with Crippen molar-refractivity contribution in [1.82, 2.24) is 5.32 Å². The van der Waals surface area contributed by atoms with Crippen molar-refractivity contribution < 1.29 is 0 Å². The smallest absolute Gasteiger partial charge is 0.0444 e. The second-order valence-corrected chi connectivity index (χ2v) is 2.58. The fourth-order valence-corrected chi connectivity index (χ4v) is 0.913. The Morgan fingerprint density at radius 3 is 2.42 bits per heavy atom. The average Bonchev–Trinajstić information content (AvgIpc) is 2.11. The number of rotatable bonds is 4. The summed E-state index contributed by atoms with van der Waals surface area (Å²) in [4.78, 5) is 4.11. The average molecular weight is 167 g/mol. The van der Waals surface area contributed by atoms with E-state index in [0.29, 0.717) is 6.42 Å². The number of hydrogen-bond donors (Lipinski definition) is 2. The van der Waals surface area contributed by atoms with E-state index in [1.54, 1.807) is 7.05 Å². The highest BCUT2D eigenvalue weighted by atomic mass is 14.8. The maximum atomic E-state index is 6.98. The summed E-state index contributed by atoms with van der Waals surface area (Å²) in [5, 5.41) is 10.0. The first-order chi connectivity index (χ1) is 5.67. The van der Waals surface area contributed by atoms with E-state index in [-0.39, 0.29) is 0 Å². The predicted molar refractivity (Wildman–Crippen MR) is 54.2 cm³/mol. The van der Waals surface area contributed by atoms with E-state index in [4.69, 9.17) is 5.41 Å². The Balaban J connectivity index is 4.63. The molecular formula is C9H17N3. The van der Waals surface area contributed by atoms with E-state index < -0.39 is 0 Å². The molecule has 3 nitrogen and oxygen atoms in total. The first-order valence-electron chi connectivity index (χ1n) is 3.97. The van der Waals surface area contributed by atoms with Crippen LogP contribution in [0.25, 0.3) is 0 Å². The molecule has 0 aliphatic rings. The summed E-state index contributed by atoms with van der Waals surface area (Å²) in [5.74, 6) is 0. The SMILES string of the molecule is CN=C(CC=N)/C(C)=C(\C)NC. The van der Waals surface area contributed by atoms with Crippen LogP contribution in [-0.2, 0) is 0 Å². The minimum Gasteiger partial charge on any atom is -0.391 e. The van der Waals surface area contributed by atoms with Crippen molar-refractivity contribution in [3.63, 3.8) is 0 Å². The van der Waals surface area contributed by atoms with Crippen molar-refractivity contribution in [1.29, 1.82) is 5.41 Å². The van der Waals surface area contributed by atoms with Crippen LogP contribution in [0.3, 0.4) is 0 Å². The fourth-order valence-electron chi connectivity index (χ4n) is 0.913. The van der Waals surface area contributed by atoms with Crippen LogP contribution in [0.1, 0.15) is 20.3 Å². The zero-order valence-corrected chi connectivity index (χ0v) is 8.23.